The monoisotopic (exact) mass is 354 g/mol. The largest absolute Gasteiger partial charge is 0.465 e. The van der Waals surface area contributed by atoms with Crippen LogP contribution in [0.3, 0.4) is 0 Å². The fraction of sp³-hybridized carbons (Fsp3) is 0.455. The molecule has 26 heavy (non-hydrogen) atoms. The number of aliphatic hydroxyl groups excluding tert-OH is 1. The zero-order chi connectivity index (χ0) is 18.4. The van der Waals surface area contributed by atoms with Gasteiger partial charge < -0.3 is 9.52 Å². The highest BCUT2D eigenvalue weighted by molar-refractivity contribution is 5.52. The third kappa shape index (κ3) is 5.31. The van der Waals surface area contributed by atoms with Crippen molar-refractivity contribution in [3.63, 3.8) is 0 Å². The van der Waals surface area contributed by atoms with Gasteiger partial charge in [0, 0.05) is 38.8 Å². The fourth-order valence-electron chi connectivity index (χ4n) is 3.73. The van der Waals surface area contributed by atoms with Crippen LogP contribution in [0.25, 0.3) is 6.08 Å². The molecule has 2 heterocycles. The summed E-state index contributed by atoms with van der Waals surface area (Å²) in [6.07, 6.45) is 3.07. The van der Waals surface area contributed by atoms with Gasteiger partial charge in [-0.15, -0.1) is 0 Å². The molecular weight excluding hydrogens is 324 g/mol. The molecule has 0 radical (unpaired) electrons. The number of hydrogen-bond donors (Lipinski definition) is 1. The molecule has 1 aromatic heterocycles. The number of aryl methyl sites for hydroxylation is 1. The predicted octanol–water partition coefficient (Wildman–Crippen LogP) is 3.56. The molecule has 2 aromatic rings. The van der Waals surface area contributed by atoms with E-state index >= 15 is 0 Å². The lowest BCUT2D eigenvalue weighted by atomic mass is 10.1. The van der Waals surface area contributed by atoms with Gasteiger partial charge in [-0.2, -0.15) is 0 Å². The SMILES string of the molecule is C/C(=C\c1ccccc1)CN1CCN(Cc2ccc(C)o2)[C@@H](CCO)C1. The Kier molecular flexibility index (Phi) is 6.67. The Hall–Kier alpha value is -1.88. The smallest absolute Gasteiger partial charge is 0.118 e. The normalized spacial score (nSPS) is 19.8. The Morgan fingerprint density at radius 1 is 1.19 bits per heavy atom. The zero-order valence-corrected chi connectivity index (χ0v) is 15.9. The lowest BCUT2D eigenvalue weighted by molar-refractivity contribution is 0.0536. The van der Waals surface area contributed by atoms with E-state index in [1.807, 2.05) is 19.1 Å². The number of benzene rings is 1. The van der Waals surface area contributed by atoms with Crippen LogP contribution < -0.4 is 0 Å². The average molecular weight is 354 g/mol. The van der Waals surface area contributed by atoms with E-state index in [0.29, 0.717) is 6.04 Å². The van der Waals surface area contributed by atoms with Crippen LogP contribution in [0.1, 0.15) is 30.4 Å². The summed E-state index contributed by atoms with van der Waals surface area (Å²) in [5.74, 6) is 1.97. The molecule has 1 aromatic carbocycles. The molecule has 0 aliphatic carbocycles. The Labute approximate surface area is 156 Å². The van der Waals surface area contributed by atoms with E-state index in [1.165, 1.54) is 11.1 Å². The second kappa shape index (κ2) is 9.17. The molecule has 1 atom stereocenters. The van der Waals surface area contributed by atoms with Crippen LogP contribution in [0.15, 0.2) is 52.5 Å². The standard InChI is InChI=1S/C22H30N2O2/c1-18(14-20-6-4-3-5-7-20)15-23-11-12-24(21(16-23)10-13-25)17-22-9-8-19(2)26-22/h3-9,14,21,25H,10-13,15-17H2,1-2H3/b18-14+/t21-/m0/s1. The summed E-state index contributed by atoms with van der Waals surface area (Å²) in [5, 5.41) is 9.49. The van der Waals surface area contributed by atoms with E-state index < -0.39 is 0 Å². The van der Waals surface area contributed by atoms with Crippen LogP contribution in [0, 0.1) is 6.92 Å². The molecule has 0 amide bonds. The molecule has 4 nitrogen and oxygen atoms in total. The molecule has 4 heteroatoms. The van der Waals surface area contributed by atoms with Crippen molar-refractivity contribution in [3.05, 3.63) is 65.1 Å². The van der Waals surface area contributed by atoms with Gasteiger partial charge in [-0.3, -0.25) is 9.80 Å². The second-order valence-corrected chi connectivity index (χ2v) is 7.29. The van der Waals surface area contributed by atoms with Gasteiger partial charge in [-0.25, -0.2) is 0 Å². The second-order valence-electron chi connectivity index (χ2n) is 7.29. The van der Waals surface area contributed by atoms with Gasteiger partial charge in [0.15, 0.2) is 0 Å². The third-order valence-electron chi connectivity index (χ3n) is 4.99. The van der Waals surface area contributed by atoms with Crippen molar-refractivity contribution >= 4 is 6.08 Å². The summed E-state index contributed by atoms with van der Waals surface area (Å²) in [6, 6.07) is 14.9. The molecule has 0 bridgehead atoms. The summed E-state index contributed by atoms with van der Waals surface area (Å²) in [5.41, 5.74) is 2.62. The van der Waals surface area contributed by atoms with E-state index in [4.69, 9.17) is 4.42 Å². The first kappa shape index (κ1) is 18.9. The summed E-state index contributed by atoms with van der Waals surface area (Å²) < 4.78 is 5.74. The fourth-order valence-corrected chi connectivity index (χ4v) is 3.73. The Morgan fingerprint density at radius 3 is 2.69 bits per heavy atom. The van der Waals surface area contributed by atoms with Crippen molar-refractivity contribution in [2.75, 3.05) is 32.8 Å². The Morgan fingerprint density at radius 2 is 2.00 bits per heavy atom. The average Bonchev–Trinajstić information content (AvgIpc) is 3.03. The van der Waals surface area contributed by atoms with E-state index in [2.05, 4.69) is 53.1 Å². The van der Waals surface area contributed by atoms with Crippen LogP contribution in [-0.4, -0.2) is 53.7 Å². The van der Waals surface area contributed by atoms with Gasteiger partial charge >= 0.3 is 0 Å². The van der Waals surface area contributed by atoms with E-state index in [1.54, 1.807) is 0 Å². The molecule has 1 saturated heterocycles. The minimum atomic E-state index is 0.227. The van der Waals surface area contributed by atoms with Crippen LogP contribution in [0.5, 0.6) is 0 Å². The summed E-state index contributed by atoms with van der Waals surface area (Å²) in [6.45, 7) is 9.24. The van der Waals surface area contributed by atoms with E-state index in [0.717, 1.165) is 50.7 Å². The molecule has 140 valence electrons. The molecule has 1 N–H and O–H groups in total. The zero-order valence-electron chi connectivity index (χ0n) is 15.9. The minimum absolute atomic E-state index is 0.227. The van der Waals surface area contributed by atoms with E-state index in [-0.39, 0.29) is 6.61 Å². The van der Waals surface area contributed by atoms with Gasteiger partial charge in [0.2, 0.25) is 0 Å². The number of aliphatic hydroxyl groups is 1. The quantitative estimate of drug-likeness (QED) is 0.825. The molecule has 1 aliphatic heterocycles. The topological polar surface area (TPSA) is 39.9 Å². The lowest BCUT2D eigenvalue weighted by Crippen LogP contribution is -2.53. The lowest BCUT2D eigenvalue weighted by Gasteiger charge is -2.41. The van der Waals surface area contributed by atoms with Crippen molar-refractivity contribution in [2.45, 2.75) is 32.9 Å². The number of piperazine rings is 1. The Bertz CT molecular complexity index is 708. The summed E-state index contributed by atoms with van der Waals surface area (Å²) in [7, 11) is 0. The van der Waals surface area contributed by atoms with Crippen molar-refractivity contribution in [1.29, 1.82) is 0 Å². The number of nitrogens with zero attached hydrogens (tertiary/aromatic N) is 2. The maximum Gasteiger partial charge on any atom is 0.118 e. The highest BCUT2D eigenvalue weighted by atomic mass is 16.3. The molecule has 0 unspecified atom stereocenters. The summed E-state index contributed by atoms with van der Waals surface area (Å²) in [4.78, 5) is 4.94. The molecule has 0 spiro atoms. The van der Waals surface area contributed by atoms with Crippen LogP contribution >= 0.6 is 0 Å². The molecule has 1 aliphatic rings. The number of hydrogen-bond acceptors (Lipinski definition) is 4. The highest BCUT2D eigenvalue weighted by Gasteiger charge is 2.27. The number of furan rings is 1. The maximum atomic E-state index is 9.49. The van der Waals surface area contributed by atoms with Gasteiger partial charge in [0.05, 0.1) is 6.54 Å². The van der Waals surface area contributed by atoms with Gasteiger partial charge in [0.25, 0.3) is 0 Å². The van der Waals surface area contributed by atoms with Crippen molar-refractivity contribution in [3.8, 4) is 0 Å². The third-order valence-corrected chi connectivity index (χ3v) is 4.99. The van der Waals surface area contributed by atoms with Crippen molar-refractivity contribution < 1.29 is 9.52 Å². The number of rotatable bonds is 7. The van der Waals surface area contributed by atoms with Gasteiger partial charge in [-0.1, -0.05) is 42.0 Å². The highest BCUT2D eigenvalue weighted by Crippen LogP contribution is 2.19. The van der Waals surface area contributed by atoms with Crippen molar-refractivity contribution in [1.82, 2.24) is 9.80 Å². The maximum absolute atomic E-state index is 9.49. The first-order valence-corrected chi connectivity index (χ1v) is 9.49. The first-order chi connectivity index (χ1) is 12.6. The van der Waals surface area contributed by atoms with Crippen LogP contribution in [0.4, 0.5) is 0 Å². The van der Waals surface area contributed by atoms with Gasteiger partial charge in [-0.05, 0) is 38.0 Å². The predicted molar refractivity (Wildman–Crippen MR) is 106 cm³/mol. The first-order valence-electron chi connectivity index (χ1n) is 9.49. The minimum Gasteiger partial charge on any atom is -0.465 e. The van der Waals surface area contributed by atoms with E-state index in [9.17, 15) is 5.11 Å². The summed E-state index contributed by atoms with van der Waals surface area (Å²) >= 11 is 0. The Balaban J connectivity index is 1.59. The van der Waals surface area contributed by atoms with Gasteiger partial charge in [0.1, 0.15) is 11.5 Å². The van der Waals surface area contributed by atoms with Crippen molar-refractivity contribution in [2.24, 2.45) is 0 Å². The molecule has 0 saturated carbocycles. The molecule has 3 rings (SSSR count). The molecular formula is C22H30N2O2. The van der Waals surface area contributed by atoms with Crippen LogP contribution in [0.2, 0.25) is 0 Å². The van der Waals surface area contributed by atoms with Crippen LogP contribution in [-0.2, 0) is 6.54 Å². The molecule has 1 fully saturated rings.